The Bertz CT molecular complexity index is 271. The van der Waals surface area contributed by atoms with E-state index < -0.39 is 5.60 Å². The highest BCUT2D eigenvalue weighted by molar-refractivity contribution is 5.77. The summed E-state index contributed by atoms with van der Waals surface area (Å²) >= 11 is 0. The standard InChI is InChI=1S/C13H26N2O2/c1-10(2)7-12(3,17)9-15-11(16)8-13(14)5-4-6-13/h10,17H,4-9,14H2,1-3H3,(H,15,16). The van der Waals surface area contributed by atoms with Crippen molar-refractivity contribution in [3.63, 3.8) is 0 Å². The fourth-order valence-electron chi connectivity index (χ4n) is 2.43. The average Bonchev–Trinajstić information content (AvgIpc) is 2.10. The molecule has 0 aliphatic heterocycles. The van der Waals surface area contributed by atoms with E-state index in [9.17, 15) is 9.90 Å². The van der Waals surface area contributed by atoms with Crippen LogP contribution in [-0.4, -0.2) is 28.7 Å². The molecular weight excluding hydrogens is 216 g/mol. The summed E-state index contributed by atoms with van der Waals surface area (Å²) in [6, 6.07) is 0. The third-order valence-electron chi connectivity index (χ3n) is 3.38. The van der Waals surface area contributed by atoms with Gasteiger partial charge < -0.3 is 16.2 Å². The summed E-state index contributed by atoms with van der Waals surface area (Å²) in [5.41, 5.74) is 4.89. The Hall–Kier alpha value is -0.610. The van der Waals surface area contributed by atoms with Gasteiger partial charge in [-0.15, -0.1) is 0 Å². The van der Waals surface area contributed by atoms with Crippen LogP contribution in [0.5, 0.6) is 0 Å². The molecule has 17 heavy (non-hydrogen) atoms. The van der Waals surface area contributed by atoms with Crippen molar-refractivity contribution < 1.29 is 9.90 Å². The van der Waals surface area contributed by atoms with Gasteiger partial charge in [-0.3, -0.25) is 4.79 Å². The summed E-state index contributed by atoms with van der Waals surface area (Å²) in [6.07, 6.45) is 4.05. The molecule has 1 fully saturated rings. The van der Waals surface area contributed by atoms with Gasteiger partial charge >= 0.3 is 0 Å². The second-order valence-electron chi connectivity index (χ2n) is 6.26. The number of aliphatic hydroxyl groups is 1. The van der Waals surface area contributed by atoms with Crippen molar-refractivity contribution in [2.24, 2.45) is 11.7 Å². The molecule has 4 heteroatoms. The molecular formula is C13H26N2O2. The molecule has 4 N–H and O–H groups in total. The van der Waals surface area contributed by atoms with Crippen LogP contribution in [0.25, 0.3) is 0 Å². The molecule has 0 saturated heterocycles. The molecule has 1 amide bonds. The predicted octanol–water partition coefficient (Wildman–Crippen LogP) is 1.17. The van der Waals surface area contributed by atoms with Crippen LogP contribution in [0.3, 0.4) is 0 Å². The highest BCUT2D eigenvalue weighted by Crippen LogP contribution is 2.31. The molecule has 0 radical (unpaired) electrons. The first-order chi connectivity index (χ1) is 7.72. The zero-order valence-electron chi connectivity index (χ0n) is 11.3. The first kappa shape index (κ1) is 14.5. The average molecular weight is 242 g/mol. The maximum Gasteiger partial charge on any atom is 0.221 e. The Morgan fingerprint density at radius 2 is 2.12 bits per heavy atom. The van der Waals surface area contributed by atoms with Gasteiger partial charge in [0.1, 0.15) is 0 Å². The second-order valence-corrected chi connectivity index (χ2v) is 6.26. The van der Waals surface area contributed by atoms with E-state index in [2.05, 4.69) is 19.2 Å². The van der Waals surface area contributed by atoms with Gasteiger partial charge in [0, 0.05) is 18.5 Å². The summed E-state index contributed by atoms with van der Waals surface area (Å²) in [4.78, 5) is 11.7. The Morgan fingerprint density at radius 3 is 2.53 bits per heavy atom. The van der Waals surface area contributed by atoms with Crippen LogP contribution in [0.15, 0.2) is 0 Å². The zero-order valence-corrected chi connectivity index (χ0v) is 11.3. The van der Waals surface area contributed by atoms with Crippen LogP contribution in [0.4, 0.5) is 0 Å². The van der Waals surface area contributed by atoms with Crippen LogP contribution in [-0.2, 0) is 4.79 Å². The van der Waals surface area contributed by atoms with E-state index in [0.29, 0.717) is 25.3 Å². The van der Waals surface area contributed by atoms with Gasteiger partial charge in [0.25, 0.3) is 0 Å². The molecule has 1 unspecified atom stereocenters. The number of hydrogen-bond acceptors (Lipinski definition) is 3. The maximum atomic E-state index is 11.7. The zero-order chi connectivity index (χ0) is 13.1. The van der Waals surface area contributed by atoms with Gasteiger partial charge in [-0.25, -0.2) is 0 Å². The van der Waals surface area contributed by atoms with Gasteiger partial charge in [-0.2, -0.15) is 0 Å². The van der Waals surface area contributed by atoms with E-state index in [1.807, 2.05) is 0 Å². The lowest BCUT2D eigenvalue weighted by atomic mass is 9.75. The van der Waals surface area contributed by atoms with Gasteiger partial charge in [-0.05, 0) is 38.5 Å². The molecule has 0 heterocycles. The van der Waals surface area contributed by atoms with Gasteiger partial charge in [-0.1, -0.05) is 13.8 Å². The molecule has 1 rings (SSSR count). The number of rotatable bonds is 6. The third kappa shape index (κ3) is 5.04. The van der Waals surface area contributed by atoms with Crippen molar-refractivity contribution in [1.29, 1.82) is 0 Å². The molecule has 0 bridgehead atoms. The number of amides is 1. The summed E-state index contributed by atoms with van der Waals surface area (Å²) in [6.45, 7) is 6.17. The lowest BCUT2D eigenvalue weighted by Gasteiger charge is -2.37. The van der Waals surface area contributed by atoms with Crippen molar-refractivity contribution >= 4 is 5.91 Å². The van der Waals surface area contributed by atoms with Crippen LogP contribution in [0.1, 0.15) is 52.9 Å². The first-order valence-corrected chi connectivity index (χ1v) is 6.50. The van der Waals surface area contributed by atoms with E-state index in [-0.39, 0.29) is 11.4 Å². The molecule has 1 aliphatic rings. The molecule has 1 aliphatic carbocycles. The van der Waals surface area contributed by atoms with Crippen molar-refractivity contribution in [2.75, 3.05) is 6.54 Å². The fourth-order valence-corrected chi connectivity index (χ4v) is 2.43. The SMILES string of the molecule is CC(C)CC(C)(O)CNC(=O)CC1(N)CCC1. The minimum Gasteiger partial charge on any atom is -0.388 e. The van der Waals surface area contributed by atoms with Gasteiger partial charge in [0.2, 0.25) is 5.91 Å². The molecule has 0 aromatic heterocycles. The lowest BCUT2D eigenvalue weighted by molar-refractivity contribution is -0.124. The van der Waals surface area contributed by atoms with E-state index in [1.54, 1.807) is 6.92 Å². The Kier molecular flexibility index (Phi) is 4.55. The largest absolute Gasteiger partial charge is 0.388 e. The van der Waals surface area contributed by atoms with E-state index in [1.165, 1.54) is 0 Å². The van der Waals surface area contributed by atoms with Gasteiger partial charge in [0.15, 0.2) is 0 Å². The molecule has 0 aromatic carbocycles. The van der Waals surface area contributed by atoms with E-state index >= 15 is 0 Å². The van der Waals surface area contributed by atoms with Crippen LogP contribution in [0, 0.1) is 5.92 Å². The summed E-state index contributed by atoms with van der Waals surface area (Å²) in [5.74, 6) is 0.366. The fraction of sp³-hybridized carbons (Fsp3) is 0.923. The van der Waals surface area contributed by atoms with Crippen LogP contribution < -0.4 is 11.1 Å². The normalized spacial score (nSPS) is 21.8. The first-order valence-electron chi connectivity index (χ1n) is 6.50. The van der Waals surface area contributed by atoms with Gasteiger partial charge in [0.05, 0.1) is 5.60 Å². The summed E-state index contributed by atoms with van der Waals surface area (Å²) in [5, 5.41) is 12.8. The van der Waals surface area contributed by atoms with Crippen molar-refractivity contribution in [3.05, 3.63) is 0 Å². The van der Waals surface area contributed by atoms with Crippen molar-refractivity contribution in [1.82, 2.24) is 5.32 Å². The Labute approximate surface area is 104 Å². The molecule has 0 spiro atoms. The van der Waals surface area contributed by atoms with E-state index in [0.717, 1.165) is 19.3 Å². The Morgan fingerprint density at radius 1 is 1.53 bits per heavy atom. The molecule has 0 aromatic rings. The van der Waals surface area contributed by atoms with Crippen LogP contribution >= 0.6 is 0 Å². The Balaban J connectivity index is 2.27. The number of carbonyl (C=O) groups is 1. The highest BCUT2D eigenvalue weighted by atomic mass is 16.3. The van der Waals surface area contributed by atoms with E-state index in [4.69, 9.17) is 5.73 Å². The minimum absolute atomic E-state index is 0.0452. The lowest BCUT2D eigenvalue weighted by Crippen LogP contribution is -2.51. The second kappa shape index (κ2) is 5.36. The number of nitrogens with two attached hydrogens (primary N) is 1. The van der Waals surface area contributed by atoms with Crippen LogP contribution in [0.2, 0.25) is 0 Å². The predicted molar refractivity (Wildman–Crippen MR) is 68.5 cm³/mol. The topological polar surface area (TPSA) is 75.3 Å². The molecule has 100 valence electrons. The monoisotopic (exact) mass is 242 g/mol. The number of nitrogens with one attached hydrogen (secondary N) is 1. The maximum absolute atomic E-state index is 11.7. The highest BCUT2D eigenvalue weighted by Gasteiger charge is 2.35. The number of carbonyl (C=O) groups excluding carboxylic acids is 1. The minimum atomic E-state index is -0.828. The summed E-state index contributed by atoms with van der Waals surface area (Å²) in [7, 11) is 0. The number of hydrogen-bond donors (Lipinski definition) is 3. The smallest absolute Gasteiger partial charge is 0.221 e. The van der Waals surface area contributed by atoms with Crippen molar-refractivity contribution in [2.45, 2.75) is 64.0 Å². The quantitative estimate of drug-likeness (QED) is 0.654. The van der Waals surface area contributed by atoms with Crippen molar-refractivity contribution in [3.8, 4) is 0 Å². The molecule has 1 atom stereocenters. The third-order valence-corrected chi connectivity index (χ3v) is 3.38. The molecule has 4 nitrogen and oxygen atoms in total. The molecule has 1 saturated carbocycles. The summed E-state index contributed by atoms with van der Waals surface area (Å²) < 4.78 is 0.